The van der Waals surface area contributed by atoms with Crippen LogP contribution in [-0.4, -0.2) is 20.1 Å². The molecule has 66 valence electrons. The van der Waals surface area contributed by atoms with E-state index in [0.29, 0.717) is 5.82 Å². The second-order valence-corrected chi connectivity index (χ2v) is 4.46. The molecule has 1 aliphatic carbocycles. The number of fused-ring (bicyclic) bond motifs is 1. The molecule has 0 fully saturated rings. The average molecular weight is 189 g/mol. The Hall–Kier alpha value is -0.898. The summed E-state index contributed by atoms with van der Waals surface area (Å²) in [5.41, 5.74) is 9.16. The van der Waals surface area contributed by atoms with E-state index in [-0.39, 0.29) is 0 Å². The Kier molecular flexibility index (Phi) is 2.08. The number of rotatable bonds is 0. The Bertz CT molecular complexity index is 387. The quantitative estimate of drug-likeness (QED) is 0.593. The highest BCUT2D eigenvalue weighted by Crippen LogP contribution is 2.29. The van der Waals surface area contributed by atoms with Gasteiger partial charge in [-0.15, -0.1) is 0 Å². The van der Waals surface area contributed by atoms with E-state index in [9.17, 15) is 0 Å². The van der Waals surface area contributed by atoms with Gasteiger partial charge in [0.05, 0.1) is 11.4 Å². The van der Waals surface area contributed by atoms with Crippen molar-refractivity contribution in [2.45, 2.75) is 25.7 Å². The molecule has 13 heavy (non-hydrogen) atoms. The lowest BCUT2D eigenvalue weighted by Gasteiger charge is -2.13. The Morgan fingerprint density at radius 2 is 2.08 bits per heavy atom. The minimum absolute atomic E-state index is 0.695. The molecular formula is C9H12AlN3. The van der Waals surface area contributed by atoms with Crippen molar-refractivity contribution >= 4 is 22.3 Å². The van der Waals surface area contributed by atoms with Crippen LogP contribution < -0.4 is 5.73 Å². The molecule has 3 nitrogen and oxygen atoms in total. The molecule has 0 spiro atoms. The van der Waals surface area contributed by atoms with Gasteiger partial charge in [0, 0.05) is 0 Å². The molecule has 0 unspecified atom stereocenters. The van der Waals surface area contributed by atoms with Gasteiger partial charge in [-0.25, -0.2) is 0 Å². The van der Waals surface area contributed by atoms with E-state index < -0.39 is 0 Å². The van der Waals surface area contributed by atoms with E-state index in [1.807, 2.05) is 0 Å². The Morgan fingerprint density at radius 3 is 2.77 bits per heavy atom. The van der Waals surface area contributed by atoms with Gasteiger partial charge in [0.1, 0.15) is 6.07 Å². The van der Waals surface area contributed by atoms with Crippen LogP contribution in [0.2, 0.25) is 0 Å². The predicted molar refractivity (Wildman–Crippen MR) is 54.1 cm³/mol. The third kappa shape index (κ3) is 1.16. The number of nitrogens with two attached hydrogens (primary N) is 1. The van der Waals surface area contributed by atoms with Crippen LogP contribution in [0, 0.1) is 11.3 Å². The van der Waals surface area contributed by atoms with Gasteiger partial charge >= 0.3 is 16.5 Å². The van der Waals surface area contributed by atoms with Crippen LogP contribution in [-0.2, 0) is 12.8 Å². The third-order valence-corrected chi connectivity index (χ3v) is 3.90. The minimum atomic E-state index is 0.695. The van der Waals surface area contributed by atoms with Crippen LogP contribution in [0.25, 0.3) is 0 Å². The normalized spacial score (nSPS) is 15.0. The Balaban J connectivity index is 2.66. The average Bonchev–Trinajstić information content (AvgIpc) is 2.41. The molecule has 1 aromatic rings. The minimum Gasteiger partial charge on any atom is -0.431 e. The van der Waals surface area contributed by atoms with E-state index in [2.05, 4.69) is 9.62 Å². The van der Waals surface area contributed by atoms with Gasteiger partial charge in [-0.3, -0.25) is 0 Å². The summed E-state index contributed by atoms with van der Waals surface area (Å²) in [5, 5.41) is 8.96. The van der Waals surface area contributed by atoms with E-state index in [1.54, 1.807) is 0 Å². The van der Waals surface area contributed by atoms with Crippen LogP contribution >= 0.6 is 0 Å². The maximum atomic E-state index is 8.96. The molecule has 1 heterocycles. The zero-order valence-electron chi connectivity index (χ0n) is 7.80. The fourth-order valence-electron chi connectivity index (χ4n) is 2.12. The van der Waals surface area contributed by atoms with Gasteiger partial charge in [-0.2, -0.15) is 5.26 Å². The maximum absolute atomic E-state index is 8.96. The van der Waals surface area contributed by atoms with Crippen molar-refractivity contribution in [3.05, 3.63) is 16.8 Å². The van der Waals surface area contributed by atoms with Crippen LogP contribution in [0.1, 0.15) is 29.7 Å². The first-order valence-corrected chi connectivity index (χ1v) is 5.51. The van der Waals surface area contributed by atoms with Crippen molar-refractivity contribution < 1.29 is 0 Å². The Labute approximate surface area is 85.8 Å². The van der Waals surface area contributed by atoms with E-state index in [4.69, 9.17) is 11.0 Å². The van der Waals surface area contributed by atoms with Crippen molar-refractivity contribution in [1.29, 1.82) is 5.26 Å². The second-order valence-electron chi connectivity index (χ2n) is 3.56. The number of nitrogens with zero attached hydrogens (tertiary/aromatic N) is 2. The SMILES string of the molecule is N#Cc1c2c([n]([AlH2])c1N)CCCC2. The van der Waals surface area contributed by atoms with Gasteiger partial charge in [0.2, 0.25) is 0 Å². The van der Waals surface area contributed by atoms with Gasteiger partial charge in [-0.05, 0) is 36.9 Å². The lowest BCUT2D eigenvalue weighted by molar-refractivity contribution is 0.671. The lowest BCUT2D eigenvalue weighted by Crippen LogP contribution is -2.07. The first kappa shape index (κ1) is 8.69. The standard InChI is InChI=1S/C9H10N3.Al.2H/c10-5-7-6-3-1-2-4-8(6)12-9(7)11;;;/h1-4,11H2;;;/q-1;+1;;. The van der Waals surface area contributed by atoms with Crippen LogP contribution in [0.4, 0.5) is 5.82 Å². The van der Waals surface area contributed by atoms with Crippen molar-refractivity contribution in [3.8, 4) is 6.07 Å². The molecule has 0 saturated carbocycles. The molecule has 0 amide bonds. The number of nitriles is 1. The first-order valence-electron chi connectivity index (χ1n) is 4.61. The molecule has 1 aromatic heterocycles. The molecule has 0 aliphatic heterocycles. The highest BCUT2D eigenvalue weighted by Gasteiger charge is 2.20. The first-order chi connectivity index (χ1) is 6.25. The number of aromatic nitrogens is 1. The molecule has 0 atom stereocenters. The summed E-state index contributed by atoms with van der Waals surface area (Å²) < 4.78 is 2.10. The van der Waals surface area contributed by atoms with Crippen molar-refractivity contribution in [2.24, 2.45) is 0 Å². The summed E-state index contributed by atoms with van der Waals surface area (Å²) in [4.78, 5) is 0. The monoisotopic (exact) mass is 189 g/mol. The third-order valence-electron chi connectivity index (χ3n) is 2.87. The van der Waals surface area contributed by atoms with Crippen molar-refractivity contribution in [1.82, 2.24) is 3.55 Å². The van der Waals surface area contributed by atoms with E-state index in [1.165, 1.54) is 24.1 Å². The Morgan fingerprint density at radius 1 is 1.38 bits per heavy atom. The number of anilines is 1. The fourth-order valence-corrected chi connectivity index (χ4v) is 2.84. The molecule has 2 rings (SSSR count). The lowest BCUT2D eigenvalue weighted by atomic mass is 9.95. The van der Waals surface area contributed by atoms with Crippen LogP contribution in [0.15, 0.2) is 0 Å². The van der Waals surface area contributed by atoms with Crippen molar-refractivity contribution in [3.63, 3.8) is 0 Å². The van der Waals surface area contributed by atoms with Gasteiger partial charge in [0.25, 0.3) is 0 Å². The van der Waals surface area contributed by atoms with Crippen LogP contribution in [0.5, 0.6) is 0 Å². The molecule has 2 N–H and O–H groups in total. The van der Waals surface area contributed by atoms with Crippen LogP contribution in [0.3, 0.4) is 0 Å². The number of hydrogen-bond donors (Lipinski definition) is 1. The van der Waals surface area contributed by atoms with Gasteiger partial charge in [0.15, 0.2) is 0 Å². The summed E-state index contributed by atoms with van der Waals surface area (Å²) in [7, 11) is 0. The highest BCUT2D eigenvalue weighted by atomic mass is 27.1. The summed E-state index contributed by atoms with van der Waals surface area (Å²) in [6.07, 6.45) is 4.58. The predicted octanol–water partition coefficient (Wildman–Crippen LogP) is 0.217. The fraction of sp³-hybridized carbons (Fsp3) is 0.444. The molecule has 0 aromatic carbocycles. The van der Waals surface area contributed by atoms with Gasteiger partial charge < -0.3 is 9.28 Å². The van der Waals surface area contributed by atoms with E-state index >= 15 is 0 Å². The molecule has 0 bridgehead atoms. The van der Waals surface area contributed by atoms with E-state index in [0.717, 1.165) is 34.9 Å². The maximum Gasteiger partial charge on any atom is 0.372 e. The molecule has 0 radical (unpaired) electrons. The zero-order valence-corrected chi connectivity index (χ0v) is 9.80. The molecular weight excluding hydrogens is 177 g/mol. The number of hydrogen-bond acceptors (Lipinski definition) is 2. The summed E-state index contributed by atoms with van der Waals surface area (Å²) in [5.74, 6) is 0.695. The summed E-state index contributed by atoms with van der Waals surface area (Å²) in [6, 6.07) is 2.22. The molecule has 4 heteroatoms. The zero-order chi connectivity index (χ0) is 9.42. The topological polar surface area (TPSA) is 54.7 Å². The molecule has 0 saturated heterocycles. The highest BCUT2D eigenvalue weighted by molar-refractivity contribution is 6.09. The molecule has 1 aliphatic rings. The summed E-state index contributed by atoms with van der Waals surface area (Å²) in [6.45, 7) is 0. The second kappa shape index (κ2) is 3.11. The smallest absolute Gasteiger partial charge is 0.372 e. The number of nitrogen functional groups attached to an aromatic ring is 1. The largest absolute Gasteiger partial charge is 0.431 e. The van der Waals surface area contributed by atoms with Gasteiger partial charge in [-0.1, -0.05) is 0 Å². The summed E-state index contributed by atoms with van der Waals surface area (Å²) >= 11 is 0.890. The van der Waals surface area contributed by atoms with Crippen molar-refractivity contribution in [2.75, 3.05) is 5.73 Å².